The van der Waals surface area contributed by atoms with E-state index in [0.29, 0.717) is 15.5 Å². The highest BCUT2D eigenvalue weighted by atomic mass is 35.5. The summed E-state index contributed by atoms with van der Waals surface area (Å²) in [5, 5.41) is 0.651. The van der Waals surface area contributed by atoms with Crippen LogP contribution < -0.4 is 10.5 Å². The molecule has 4 nitrogen and oxygen atoms in total. The summed E-state index contributed by atoms with van der Waals surface area (Å²) in [6, 6.07) is 25.3. The van der Waals surface area contributed by atoms with Gasteiger partial charge in [0.05, 0.1) is 11.7 Å². The molecule has 0 bridgehead atoms. The van der Waals surface area contributed by atoms with Crippen LogP contribution in [-0.4, -0.2) is 8.94 Å². The van der Waals surface area contributed by atoms with E-state index in [2.05, 4.69) is 4.37 Å². The molecule has 0 radical (unpaired) electrons. The summed E-state index contributed by atoms with van der Waals surface area (Å²) in [5.41, 5.74) is 3.53. The number of halogens is 1. The molecule has 4 rings (SSSR count). The average molecular weight is 408 g/mol. The van der Waals surface area contributed by atoms with Crippen molar-refractivity contribution in [2.24, 2.45) is 4.99 Å². The maximum Gasteiger partial charge on any atom is 0.338 e. The first-order chi connectivity index (χ1) is 13.6. The molecular weight excluding hydrogens is 390 g/mol. The molecule has 0 spiro atoms. The van der Waals surface area contributed by atoms with Crippen molar-refractivity contribution in [3.8, 4) is 0 Å². The van der Waals surface area contributed by atoms with Gasteiger partial charge in [-0.05, 0) is 47.3 Å². The Labute approximate surface area is 171 Å². The van der Waals surface area contributed by atoms with Gasteiger partial charge < -0.3 is 0 Å². The van der Waals surface area contributed by atoms with Gasteiger partial charge in [-0.2, -0.15) is 0 Å². The number of aromatic amines is 1. The van der Waals surface area contributed by atoms with Crippen LogP contribution in [0.4, 0.5) is 5.69 Å². The predicted octanol–water partition coefficient (Wildman–Crippen LogP) is 5.07. The molecule has 0 saturated heterocycles. The molecule has 140 valence electrons. The number of hydrogen-bond donors (Lipinski definition) is 1. The van der Waals surface area contributed by atoms with E-state index in [1.807, 2.05) is 85.8 Å². The molecule has 0 atom stereocenters. The van der Waals surface area contributed by atoms with Crippen LogP contribution in [0, 0.1) is 6.92 Å². The quantitative estimate of drug-likeness (QED) is 0.504. The van der Waals surface area contributed by atoms with Gasteiger partial charge in [-0.25, -0.2) is 9.79 Å². The summed E-state index contributed by atoms with van der Waals surface area (Å²) < 4.78 is 4.52. The van der Waals surface area contributed by atoms with Crippen LogP contribution >= 0.6 is 23.1 Å². The highest BCUT2D eigenvalue weighted by Crippen LogP contribution is 2.25. The van der Waals surface area contributed by atoms with E-state index in [9.17, 15) is 4.79 Å². The van der Waals surface area contributed by atoms with E-state index in [-0.39, 0.29) is 11.7 Å². The monoisotopic (exact) mass is 407 g/mol. The summed E-state index contributed by atoms with van der Waals surface area (Å²) in [4.78, 5) is 18.1. The van der Waals surface area contributed by atoms with Crippen molar-refractivity contribution in [2.45, 2.75) is 13.0 Å². The molecule has 6 heteroatoms. The zero-order chi connectivity index (χ0) is 19.5. The van der Waals surface area contributed by atoms with E-state index in [1.54, 1.807) is 4.57 Å². The summed E-state index contributed by atoms with van der Waals surface area (Å²) in [6.45, 7) is 1.95. The lowest BCUT2D eigenvalue weighted by Crippen LogP contribution is -2.32. The van der Waals surface area contributed by atoms with Crippen molar-refractivity contribution in [3.05, 3.63) is 116 Å². The Morgan fingerprint density at radius 3 is 2.14 bits per heavy atom. The lowest BCUT2D eigenvalue weighted by molar-refractivity contribution is 0.628. The third kappa shape index (κ3) is 3.72. The van der Waals surface area contributed by atoms with Gasteiger partial charge in [-0.1, -0.05) is 78.3 Å². The van der Waals surface area contributed by atoms with Crippen molar-refractivity contribution in [1.29, 1.82) is 0 Å². The lowest BCUT2D eigenvalue weighted by Gasteiger charge is -2.18. The number of rotatable bonds is 4. The van der Waals surface area contributed by atoms with Crippen LogP contribution in [0.1, 0.15) is 22.7 Å². The van der Waals surface area contributed by atoms with Crippen LogP contribution in [0.5, 0.6) is 0 Å². The summed E-state index contributed by atoms with van der Waals surface area (Å²) in [7, 11) is 0. The molecule has 4 aromatic rings. The van der Waals surface area contributed by atoms with Crippen LogP contribution in [-0.2, 0) is 0 Å². The van der Waals surface area contributed by atoms with E-state index in [1.165, 1.54) is 11.5 Å². The smallest absolute Gasteiger partial charge is 0.259 e. The molecule has 0 aliphatic rings. The molecule has 0 fully saturated rings. The van der Waals surface area contributed by atoms with Gasteiger partial charge in [0.25, 0.3) is 0 Å². The summed E-state index contributed by atoms with van der Waals surface area (Å²) in [6.07, 6.45) is 0. The highest BCUT2D eigenvalue weighted by molar-refractivity contribution is 7.02. The minimum absolute atomic E-state index is 0.195. The van der Waals surface area contributed by atoms with Crippen LogP contribution in [0.3, 0.4) is 0 Å². The van der Waals surface area contributed by atoms with Crippen LogP contribution in [0.2, 0.25) is 5.02 Å². The molecule has 1 N–H and O–H groups in total. The predicted molar refractivity (Wildman–Crippen MR) is 114 cm³/mol. The van der Waals surface area contributed by atoms with E-state index >= 15 is 0 Å². The fraction of sp³-hybridized carbons (Fsp3) is 0.0909. The first-order valence-electron chi connectivity index (χ1n) is 8.84. The van der Waals surface area contributed by atoms with E-state index in [0.717, 1.165) is 16.7 Å². The number of benzene rings is 3. The van der Waals surface area contributed by atoms with Crippen molar-refractivity contribution in [2.75, 3.05) is 0 Å². The number of hydrogen-bond acceptors (Lipinski definition) is 3. The third-order valence-electron chi connectivity index (χ3n) is 4.52. The third-order valence-corrected chi connectivity index (χ3v) is 5.68. The first kappa shape index (κ1) is 18.5. The second-order valence-corrected chi connectivity index (χ2v) is 7.61. The number of aromatic nitrogens is 2. The fourth-order valence-electron chi connectivity index (χ4n) is 3.10. The van der Waals surface area contributed by atoms with Crippen molar-refractivity contribution >= 4 is 28.8 Å². The zero-order valence-electron chi connectivity index (χ0n) is 15.2. The topological polar surface area (TPSA) is 50.1 Å². The Kier molecular flexibility index (Phi) is 5.28. The number of nitrogens with one attached hydrogen (secondary N) is 1. The number of nitrogens with zero attached hydrogens (tertiary/aromatic N) is 2. The molecule has 0 aliphatic heterocycles. The van der Waals surface area contributed by atoms with Crippen LogP contribution in [0.25, 0.3) is 0 Å². The largest absolute Gasteiger partial charge is 0.338 e. The van der Waals surface area contributed by atoms with Gasteiger partial charge in [0.1, 0.15) is 0 Å². The summed E-state index contributed by atoms with van der Waals surface area (Å²) >= 11 is 7.46. The second kappa shape index (κ2) is 8.00. The molecule has 28 heavy (non-hydrogen) atoms. The molecule has 0 saturated carbocycles. The van der Waals surface area contributed by atoms with Gasteiger partial charge in [0.15, 0.2) is 0 Å². The Morgan fingerprint density at radius 1 is 0.964 bits per heavy atom. The van der Waals surface area contributed by atoms with Crippen molar-refractivity contribution < 1.29 is 0 Å². The Bertz CT molecular complexity index is 1170. The van der Waals surface area contributed by atoms with Crippen LogP contribution in [0.15, 0.2) is 88.6 Å². The average Bonchev–Trinajstić information content (AvgIpc) is 3.07. The minimum atomic E-state index is -0.280. The SMILES string of the molecule is Cc1ccc(N=c2s[nH]c(=O)n2C(c2ccccc2)c2ccccc2)cc1Cl. The Hall–Kier alpha value is -2.89. The first-order valence-corrected chi connectivity index (χ1v) is 10.0. The van der Waals surface area contributed by atoms with Crippen molar-refractivity contribution in [3.63, 3.8) is 0 Å². The van der Waals surface area contributed by atoms with Gasteiger partial charge >= 0.3 is 5.69 Å². The molecule has 0 amide bonds. The fourth-order valence-corrected chi connectivity index (χ4v) is 3.99. The number of aryl methyl sites for hydroxylation is 1. The lowest BCUT2D eigenvalue weighted by atomic mass is 9.99. The van der Waals surface area contributed by atoms with Gasteiger partial charge in [0, 0.05) is 5.02 Å². The normalized spacial score (nSPS) is 11.9. The van der Waals surface area contributed by atoms with Gasteiger partial charge in [0.2, 0.25) is 4.80 Å². The highest BCUT2D eigenvalue weighted by Gasteiger charge is 2.20. The molecule has 1 heterocycles. The van der Waals surface area contributed by atoms with Gasteiger partial charge in [-0.3, -0.25) is 8.94 Å². The maximum atomic E-state index is 12.8. The van der Waals surface area contributed by atoms with Gasteiger partial charge in [-0.15, -0.1) is 0 Å². The van der Waals surface area contributed by atoms with E-state index < -0.39 is 0 Å². The minimum Gasteiger partial charge on any atom is -0.259 e. The molecule has 0 aliphatic carbocycles. The second-order valence-electron chi connectivity index (χ2n) is 6.43. The Morgan fingerprint density at radius 2 is 1.57 bits per heavy atom. The summed E-state index contributed by atoms with van der Waals surface area (Å²) in [5.74, 6) is 0. The maximum absolute atomic E-state index is 12.8. The Balaban J connectivity index is 1.93. The molecule has 3 aromatic carbocycles. The molecular formula is C22H18ClN3OS. The van der Waals surface area contributed by atoms with Crippen molar-refractivity contribution in [1.82, 2.24) is 8.94 Å². The standard InChI is InChI=1S/C22H18ClN3OS/c1-15-12-13-18(14-19(15)23)24-22-26(21(27)25-28-22)20(16-8-4-2-5-9-16)17-10-6-3-7-11-17/h2-14,20H,1H3,(H,25,27). The zero-order valence-corrected chi connectivity index (χ0v) is 16.7. The molecule has 0 unspecified atom stereocenters. The van der Waals surface area contributed by atoms with E-state index in [4.69, 9.17) is 16.6 Å². The molecule has 1 aromatic heterocycles. The number of H-pyrrole nitrogens is 1.